The standard InChI is InChI=1S/C13H19N5O5/c1-13(2)22-7-5(3-19)21-11(8(7)23-13)18-4-15-6-9(18)16-12(14)17-10(6)20/h4-5,7-8,11-12,16,19H,3,14H2,1-2H3,(H,17,20). The van der Waals surface area contributed by atoms with Gasteiger partial charge in [0.05, 0.1) is 12.9 Å². The molecule has 10 nitrogen and oxygen atoms in total. The van der Waals surface area contributed by atoms with Gasteiger partial charge in [-0.3, -0.25) is 15.1 Å². The van der Waals surface area contributed by atoms with E-state index in [1.165, 1.54) is 6.33 Å². The summed E-state index contributed by atoms with van der Waals surface area (Å²) in [6, 6.07) is 0. The zero-order chi connectivity index (χ0) is 16.4. The molecular formula is C13H19N5O5. The van der Waals surface area contributed by atoms with Crippen LogP contribution in [0.15, 0.2) is 6.33 Å². The Labute approximate surface area is 131 Å². The van der Waals surface area contributed by atoms with E-state index in [2.05, 4.69) is 15.6 Å². The molecule has 2 fully saturated rings. The molecule has 4 rings (SSSR count). The summed E-state index contributed by atoms with van der Waals surface area (Å²) in [6.45, 7) is 3.42. The number of nitrogens with one attached hydrogen (secondary N) is 2. The van der Waals surface area contributed by atoms with Gasteiger partial charge < -0.3 is 30.0 Å². The van der Waals surface area contributed by atoms with Gasteiger partial charge >= 0.3 is 0 Å². The van der Waals surface area contributed by atoms with Gasteiger partial charge in [0.2, 0.25) is 0 Å². The molecular weight excluding hydrogens is 306 g/mol. The first-order valence-electron chi connectivity index (χ1n) is 7.41. The number of carbonyl (C=O) groups is 1. The number of ether oxygens (including phenoxy) is 3. The van der Waals surface area contributed by atoms with Crippen molar-refractivity contribution in [2.24, 2.45) is 5.73 Å². The Bertz CT molecular complexity index is 647. The number of rotatable bonds is 2. The third kappa shape index (κ3) is 2.22. The van der Waals surface area contributed by atoms with E-state index in [0.29, 0.717) is 5.82 Å². The molecule has 0 aliphatic carbocycles. The molecule has 0 bridgehead atoms. The Morgan fingerprint density at radius 3 is 2.87 bits per heavy atom. The average Bonchev–Trinajstić information content (AvgIpc) is 3.09. The van der Waals surface area contributed by atoms with E-state index in [1.54, 1.807) is 4.57 Å². The number of anilines is 1. The highest BCUT2D eigenvalue weighted by molar-refractivity contribution is 5.99. The second-order valence-corrected chi connectivity index (χ2v) is 6.26. The topological polar surface area (TPSA) is 133 Å². The van der Waals surface area contributed by atoms with Gasteiger partial charge in [-0.05, 0) is 13.8 Å². The lowest BCUT2D eigenvalue weighted by molar-refractivity contribution is -0.199. The summed E-state index contributed by atoms with van der Waals surface area (Å²) in [7, 11) is 0. The molecule has 1 aromatic rings. The summed E-state index contributed by atoms with van der Waals surface area (Å²) in [5.41, 5.74) is 5.98. The Hall–Kier alpha value is -1.72. The van der Waals surface area contributed by atoms with Gasteiger partial charge in [0, 0.05) is 0 Å². The number of nitrogens with two attached hydrogens (primary N) is 1. The predicted octanol–water partition coefficient (Wildman–Crippen LogP) is -1.31. The van der Waals surface area contributed by atoms with Crippen LogP contribution in [0.5, 0.6) is 0 Å². The SMILES string of the molecule is CC1(C)OC2C(CO)OC(n3cnc4c3NC(N)NC4=O)C2O1. The number of amides is 1. The molecule has 5 N–H and O–H groups in total. The van der Waals surface area contributed by atoms with E-state index in [-0.39, 0.29) is 18.2 Å². The first-order valence-corrected chi connectivity index (χ1v) is 7.41. The zero-order valence-electron chi connectivity index (χ0n) is 12.7. The number of aliphatic hydroxyl groups excluding tert-OH is 1. The van der Waals surface area contributed by atoms with E-state index in [4.69, 9.17) is 19.9 Å². The number of hydrogen-bond donors (Lipinski definition) is 4. The van der Waals surface area contributed by atoms with E-state index in [0.717, 1.165) is 0 Å². The van der Waals surface area contributed by atoms with Crippen LogP contribution in [0.4, 0.5) is 5.82 Å². The average molecular weight is 325 g/mol. The van der Waals surface area contributed by atoms with Crippen molar-refractivity contribution in [1.82, 2.24) is 14.9 Å². The van der Waals surface area contributed by atoms with Crippen LogP contribution < -0.4 is 16.4 Å². The van der Waals surface area contributed by atoms with Crippen LogP contribution in [-0.4, -0.2) is 57.6 Å². The predicted molar refractivity (Wildman–Crippen MR) is 76.1 cm³/mol. The quantitative estimate of drug-likeness (QED) is 0.527. The highest BCUT2D eigenvalue weighted by Gasteiger charge is 2.56. The van der Waals surface area contributed by atoms with Gasteiger partial charge in [0.25, 0.3) is 5.91 Å². The molecule has 1 amide bonds. The van der Waals surface area contributed by atoms with Crippen LogP contribution in [0, 0.1) is 0 Å². The molecule has 0 spiro atoms. The fourth-order valence-electron chi connectivity index (χ4n) is 3.29. The van der Waals surface area contributed by atoms with E-state index >= 15 is 0 Å². The fourth-order valence-corrected chi connectivity index (χ4v) is 3.29. The van der Waals surface area contributed by atoms with E-state index in [1.807, 2.05) is 13.8 Å². The third-order valence-electron chi connectivity index (χ3n) is 4.17. The molecule has 0 aromatic carbocycles. The van der Waals surface area contributed by atoms with E-state index in [9.17, 15) is 9.90 Å². The summed E-state index contributed by atoms with van der Waals surface area (Å²) in [6.07, 6.45) is -1.15. The molecule has 5 unspecified atom stereocenters. The number of hydrogen-bond acceptors (Lipinski definition) is 8. The minimum absolute atomic E-state index is 0.193. The van der Waals surface area contributed by atoms with Crippen LogP contribution in [0.3, 0.4) is 0 Å². The maximum absolute atomic E-state index is 11.9. The summed E-state index contributed by atoms with van der Waals surface area (Å²) in [4.78, 5) is 16.0. The summed E-state index contributed by atoms with van der Waals surface area (Å²) in [5, 5.41) is 15.0. The molecule has 3 aliphatic heterocycles. The highest BCUT2D eigenvalue weighted by atomic mass is 16.8. The largest absolute Gasteiger partial charge is 0.394 e. The lowest BCUT2D eigenvalue weighted by Crippen LogP contribution is -2.51. The maximum Gasteiger partial charge on any atom is 0.276 e. The molecule has 1 aromatic heterocycles. The van der Waals surface area contributed by atoms with Crippen molar-refractivity contribution < 1.29 is 24.1 Å². The van der Waals surface area contributed by atoms with Gasteiger partial charge in [-0.25, -0.2) is 4.98 Å². The molecule has 4 heterocycles. The first-order chi connectivity index (χ1) is 10.9. The molecule has 0 radical (unpaired) electrons. The molecule has 5 atom stereocenters. The van der Waals surface area contributed by atoms with Gasteiger partial charge in [-0.15, -0.1) is 0 Å². The van der Waals surface area contributed by atoms with Crippen molar-refractivity contribution >= 4 is 11.7 Å². The van der Waals surface area contributed by atoms with Crippen LogP contribution in [-0.2, 0) is 14.2 Å². The Morgan fingerprint density at radius 2 is 2.13 bits per heavy atom. The zero-order valence-corrected chi connectivity index (χ0v) is 12.7. The number of fused-ring (bicyclic) bond motifs is 2. The minimum Gasteiger partial charge on any atom is -0.394 e. The molecule has 2 saturated heterocycles. The smallest absolute Gasteiger partial charge is 0.276 e. The van der Waals surface area contributed by atoms with Crippen LogP contribution in [0.2, 0.25) is 0 Å². The summed E-state index contributed by atoms with van der Waals surface area (Å²) >= 11 is 0. The molecule has 0 saturated carbocycles. The Morgan fingerprint density at radius 1 is 1.39 bits per heavy atom. The first kappa shape index (κ1) is 14.8. The molecule has 126 valence electrons. The maximum atomic E-state index is 11.9. The lowest BCUT2D eigenvalue weighted by Gasteiger charge is -2.27. The van der Waals surface area contributed by atoms with Crippen LogP contribution in [0.25, 0.3) is 0 Å². The van der Waals surface area contributed by atoms with Gasteiger partial charge in [0.1, 0.15) is 24.1 Å². The molecule has 23 heavy (non-hydrogen) atoms. The number of aliphatic hydroxyl groups is 1. The van der Waals surface area contributed by atoms with Gasteiger partial charge in [-0.1, -0.05) is 0 Å². The van der Waals surface area contributed by atoms with E-state index < -0.39 is 36.6 Å². The van der Waals surface area contributed by atoms with Crippen molar-refractivity contribution in [3.05, 3.63) is 12.0 Å². The third-order valence-corrected chi connectivity index (χ3v) is 4.17. The fraction of sp³-hybridized carbons (Fsp3) is 0.692. The van der Waals surface area contributed by atoms with Crippen LogP contribution in [0.1, 0.15) is 30.6 Å². The van der Waals surface area contributed by atoms with Crippen molar-refractivity contribution in [2.45, 2.75) is 50.5 Å². The van der Waals surface area contributed by atoms with Crippen molar-refractivity contribution in [3.63, 3.8) is 0 Å². The van der Waals surface area contributed by atoms with Crippen molar-refractivity contribution in [2.75, 3.05) is 11.9 Å². The minimum atomic E-state index is -0.771. The Balaban J connectivity index is 1.70. The number of carbonyl (C=O) groups excluding carboxylic acids is 1. The second-order valence-electron chi connectivity index (χ2n) is 6.26. The van der Waals surface area contributed by atoms with Crippen LogP contribution >= 0.6 is 0 Å². The lowest BCUT2D eigenvalue weighted by atomic mass is 10.1. The summed E-state index contributed by atoms with van der Waals surface area (Å²) < 4.78 is 19.3. The van der Waals surface area contributed by atoms with Gasteiger partial charge in [-0.2, -0.15) is 0 Å². The molecule has 10 heteroatoms. The Kier molecular flexibility index (Phi) is 3.15. The second kappa shape index (κ2) is 4.89. The number of imidazole rings is 1. The van der Waals surface area contributed by atoms with Gasteiger partial charge in [0.15, 0.2) is 24.0 Å². The normalized spacial score (nSPS) is 37.9. The molecule has 3 aliphatic rings. The van der Waals surface area contributed by atoms with Crippen molar-refractivity contribution in [1.29, 1.82) is 0 Å². The van der Waals surface area contributed by atoms with Crippen molar-refractivity contribution in [3.8, 4) is 0 Å². The number of nitrogens with zero attached hydrogens (tertiary/aromatic N) is 2. The number of aromatic nitrogens is 2. The highest BCUT2D eigenvalue weighted by Crippen LogP contribution is 2.44. The monoisotopic (exact) mass is 325 g/mol. The summed E-state index contributed by atoms with van der Waals surface area (Å²) in [5.74, 6) is -0.675.